The molecule has 1 atom stereocenters. The van der Waals surface area contributed by atoms with Gasteiger partial charge in [0.15, 0.2) is 5.78 Å². The van der Waals surface area contributed by atoms with E-state index in [0.717, 1.165) is 49.8 Å². The molecule has 3 heterocycles. The van der Waals surface area contributed by atoms with Crippen LogP contribution in [0.1, 0.15) is 60.5 Å². The van der Waals surface area contributed by atoms with Crippen LogP contribution in [0.15, 0.2) is 39.7 Å². The van der Waals surface area contributed by atoms with Crippen LogP contribution >= 0.6 is 0 Å². The summed E-state index contributed by atoms with van der Waals surface area (Å²) in [5, 5.41) is 13.7. The van der Waals surface area contributed by atoms with Crippen LogP contribution in [-0.2, 0) is 9.53 Å². The summed E-state index contributed by atoms with van der Waals surface area (Å²) in [6, 6.07) is 5.25. The Morgan fingerprint density at radius 1 is 1.00 bits per heavy atom. The smallest absolute Gasteiger partial charge is 0.333 e. The summed E-state index contributed by atoms with van der Waals surface area (Å²) in [5.41, 5.74) is 5.98. The minimum atomic E-state index is -0.423. The van der Waals surface area contributed by atoms with E-state index in [1.807, 2.05) is 17.0 Å². The SMILES string of the molecule is CN(C)C1CCC(C(=O)N2CCC(C3=C4C(=O)c5c(NC(=O)NN6CCOCC6)cccc5C4N=N3)CC2)CC1. The summed E-state index contributed by atoms with van der Waals surface area (Å²) in [4.78, 5) is 44.0. The Kier molecular flexibility index (Phi) is 7.69. The first-order valence-electron chi connectivity index (χ1n) is 14.6. The number of likely N-dealkylation sites (tertiary alicyclic amines) is 1. The number of fused-ring (bicyclic) bond motifs is 3. The van der Waals surface area contributed by atoms with Gasteiger partial charge in [-0.15, -0.1) is 0 Å². The molecule has 2 saturated heterocycles. The minimum Gasteiger partial charge on any atom is -0.379 e. The Labute approximate surface area is 235 Å². The molecule has 0 aromatic heterocycles. The first kappa shape index (κ1) is 27.0. The number of azo groups is 1. The Bertz CT molecular complexity index is 1220. The first-order chi connectivity index (χ1) is 19.4. The maximum absolute atomic E-state index is 13.7. The fraction of sp³-hybridized carbons (Fsp3) is 0.621. The Morgan fingerprint density at radius 2 is 1.73 bits per heavy atom. The lowest BCUT2D eigenvalue weighted by Crippen LogP contribution is -2.49. The fourth-order valence-corrected chi connectivity index (χ4v) is 6.86. The summed E-state index contributed by atoms with van der Waals surface area (Å²) in [6.07, 6.45) is 5.62. The summed E-state index contributed by atoms with van der Waals surface area (Å²) >= 11 is 0. The number of rotatable bonds is 5. The molecule has 0 radical (unpaired) electrons. The number of urea groups is 1. The van der Waals surface area contributed by atoms with Gasteiger partial charge in [0.1, 0.15) is 6.04 Å². The summed E-state index contributed by atoms with van der Waals surface area (Å²) in [6.45, 7) is 3.72. The Hall–Kier alpha value is -3.15. The second-order valence-corrected chi connectivity index (χ2v) is 11.7. The molecule has 2 N–H and O–H groups in total. The number of Topliss-reactive ketones (excluding diaryl/α,β-unsaturated/α-hetero) is 1. The highest BCUT2D eigenvalue weighted by molar-refractivity contribution is 6.19. The average molecular weight is 550 g/mol. The van der Waals surface area contributed by atoms with Crippen LogP contribution in [-0.4, -0.2) is 92.1 Å². The monoisotopic (exact) mass is 549 g/mol. The van der Waals surface area contributed by atoms with Crippen LogP contribution in [0.4, 0.5) is 10.5 Å². The highest BCUT2D eigenvalue weighted by atomic mass is 16.5. The number of amides is 3. The highest BCUT2D eigenvalue weighted by Gasteiger charge is 2.44. The quantitative estimate of drug-likeness (QED) is 0.581. The second-order valence-electron chi connectivity index (χ2n) is 11.7. The number of hydrazine groups is 1. The van der Waals surface area contributed by atoms with E-state index in [9.17, 15) is 14.4 Å². The topological polar surface area (TPSA) is 119 Å². The molecule has 40 heavy (non-hydrogen) atoms. The molecule has 3 amide bonds. The summed E-state index contributed by atoms with van der Waals surface area (Å²) in [7, 11) is 4.24. The zero-order valence-electron chi connectivity index (χ0n) is 23.4. The van der Waals surface area contributed by atoms with Gasteiger partial charge in [-0.2, -0.15) is 10.2 Å². The van der Waals surface area contributed by atoms with Gasteiger partial charge in [-0.1, -0.05) is 12.1 Å². The number of morpholine rings is 1. The van der Waals surface area contributed by atoms with E-state index < -0.39 is 6.04 Å². The van der Waals surface area contributed by atoms with Crippen LogP contribution in [0.3, 0.4) is 0 Å². The molecule has 1 aromatic rings. The van der Waals surface area contributed by atoms with Crippen LogP contribution < -0.4 is 10.7 Å². The van der Waals surface area contributed by atoms with E-state index in [2.05, 4.69) is 40.0 Å². The molecule has 3 aliphatic heterocycles. The third-order valence-electron chi connectivity index (χ3n) is 9.18. The van der Waals surface area contributed by atoms with Crippen molar-refractivity contribution in [1.29, 1.82) is 0 Å². The number of ketones is 1. The molecule has 3 fully saturated rings. The maximum Gasteiger partial charge on any atom is 0.333 e. The van der Waals surface area contributed by atoms with Crippen molar-refractivity contribution in [2.45, 2.75) is 50.6 Å². The number of anilines is 1. The number of benzene rings is 1. The third-order valence-corrected chi connectivity index (χ3v) is 9.18. The number of ether oxygens (including phenoxy) is 1. The van der Waals surface area contributed by atoms with Crippen molar-refractivity contribution >= 4 is 23.4 Å². The van der Waals surface area contributed by atoms with E-state index in [4.69, 9.17) is 4.74 Å². The molecular formula is C29H39N7O4. The predicted molar refractivity (Wildman–Crippen MR) is 149 cm³/mol. The van der Waals surface area contributed by atoms with Gasteiger partial charge in [-0.05, 0) is 64.3 Å². The molecule has 11 heteroatoms. The van der Waals surface area contributed by atoms with Gasteiger partial charge < -0.3 is 19.9 Å². The van der Waals surface area contributed by atoms with Gasteiger partial charge in [-0.25, -0.2) is 9.80 Å². The highest BCUT2D eigenvalue weighted by Crippen LogP contribution is 2.49. The van der Waals surface area contributed by atoms with Crippen LogP contribution in [0, 0.1) is 11.8 Å². The fourth-order valence-electron chi connectivity index (χ4n) is 6.86. The van der Waals surface area contributed by atoms with Gasteiger partial charge in [0.2, 0.25) is 5.91 Å². The normalized spacial score (nSPS) is 27.2. The molecule has 0 bridgehead atoms. The van der Waals surface area contributed by atoms with E-state index in [-0.39, 0.29) is 29.6 Å². The Morgan fingerprint density at radius 3 is 2.42 bits per heavy atom. The van der Waals surface area contributed by atoms with Gasteiger partial charge in [0.05, 0.1) is 35.7 Å². The van der Waals surface area contributed by atoms with E-state index in [1.165, 1.54) is 0 Å². The van der Waals surface area contributed by atoms with Crippen LogP contribution in [0.2, 0.25) is 0 Å². The molecule has 0 spiro atoms. The molecule has 2 aliphatic carbocycles. The summed E-state index contributed by atoms with van der Waals surface area (Å²) in [5.74, 6) is 0.396. The van der Waals surface area contributed by atoms with Crippen molar-refractivity contribution < 1.29 is 19.1 Å². The lowest BCUT2D eigenvalue weighted by Gasteiger charge is -2.37. The number of nitrogens with one attached hydrogen (secondary N) is 2. The number of piperidine rings is 1. The summed E-state index contributed by atoms with van der Waals surface area (Å²) < 4.78 is 5.33. The largest absolute Gasteiger partial charge is 0.379 e. The number of nitrogens with zero attached hydrogens (tertiary/aromatic N) is 5. The molecule has 1 saturated carbocycles. The van der Waals surface area contributed by atoms with Crippen LogP contribution in [0.25, 0.3) is 0 Å². The van der Waals surface area contributed by atoms with Crippen molar-refractivity contribution in [2.24, 2.45) is 22.1 Å². The van der Waals surface area contributed by atoms with Gasteiger partial charge in [0.25, 0.3) is 0 Å². The molecular weight excluding hydrogens is 510 g/mol. The van der Waals surface area contributed by atoms with E-state index in [1.54, 1.807) is 11.1 Å². The first-order valence-corrected chi connectivity index (χ1v) is 14.6. The zero-order valence-corrected chi connectivity index (χ0v) is 23.4. The molecule has 1 unspecified atom stereocenters. The van der Waals surface area contributed by atoms with Crippen molar-refractivity contribution in [3.8, 4) is 0 Å². The molecule has 5 aliphatic rings. The van der Waals surface area contributed by atoms with Gasteiger partial charge in [-0.3, -0.25) is 15.0 Å². The van der Waals surface area contributed by atoms with Gasteiger partial charge >= 0.3 is 6.03 Å². The minimum absolute atomic E-state index is 0.0940. The van der Waals surface area contributed by atoms with Crippen molar-refractivity contribution in [3.05, 3.63) is 40.6 Å². The molecule has 6 rings (SSSR count). The zero-order chi connectivity index (χ0) is 27.8. The standard InChI is InChI=1S/C29H39N7O4/c1-34(2)20-8-6-19(7-9-20)28(38)35-12-10-18(11-13-35)25-24-26(32-31-25)21-4-3-5-22(23(21)27(24)37)30-29(39)33-36-14-16-40-17-15-36/h3-5,18-20,26H,6-17H2,1-2H3,(H2,30,33,39). The number of hydrogen-bond acceptors (Lipinski definition) is 8. The average Bonchev–Trinajstić information content (AvgIpc) is 3.53. The number of carbonyl (C=O) groups excluding carboxylic acids is 3. The Balaban J connectivity index is 1.10. The van der Waals surface area contributed by atoms with Crippen molar-refractivity contribution in [1.82, 2.24) is 20.2 Å². The van der Waals surface area contributed by atoms with Crippen molar-refractivity contribution in [2.75, 3.05) is 58.8 Å². The van der Waals surface area contributed by atoms with Crippen LogP contribution in [0.5, 0.6) is 0 Å². The molecule has 214 valence electrons. The van der Waals surface area contributed by atoms with E-state index in [0.29, 0.717) is 62.3 Å². The lowest BCUT2D eigenvalue weighted by atomic mass is 9.83. The predicted octanol–water partition coefficient (Wildman–Crippen LogP) is 3.37. The number of carbonyl (C=O) groups is 3. The number of allylic oxidation sites excluding steroid dienone is 1. The maximum atomic E-state index is 13.7. The lowest BCUT2D eigenvalue weighted by molar-refractivity contribution is -0.138. The number of hydrogen-bond donors (Lipinski definition) is 2. The van der Waals surface area contributed by atoms with E-state index >= 15 is 0 Å². The second kappa shape index (κ2) is 11.4. The third kappa shape index (κ3) is 5.17. The van der Waals surface area contributed by atoms with Gasteiger partial charge in [0, 0.05) is 44.1 Å². The molecule has 11 nitrogen and oxygen atoms in total. The molecule has 1 aromatic carbocycles. The van der Waals surface area contributed by atoms with Crippen molar-refractivity contribution in [3.63, 3.8) is 0 Å².